The molecule has 10 heteroatoms. The fraction of sp³-hybridized carbons (Fsp3) is 0.300. The summed E-state index contributed by atoms with van der Waals surface area (Å²) in [6.45, 7) is 1.30. The van der Waals surface area contributed by atoms with Crippen molar-refractivity contribution in [2.24, 2.45) is 0 Å². The van der Waals surface area contributed by atoms with Gasteiger partial charge in [0.1, 0.15) is 30.6 Å². The molecule has 0 saturated carbocycles. The number of carboxylic acids is 1. The molecule has 0 bridgehead atoms. The highest BCUT2D eigenvalue weighted by Gasteiger charge is 2.48. The van der Waals surface area contributed by atoms with Crippen LogP contribution in [0.2, 0.25) is 10.0 Å². The number of aliphatic carboxylic acids is 1. The molecule has 0 radical (unpaired) electrons. The highest BCUT2D eigenvalue weighted by molar-refractivity contribution is 6.30. The molecular weight excluding hydrogens is 558 g/mol. The van der Waals surface area contributed by atoms with Gasteiger partial charge in [-0.15, -0.1) is 0 Å². The Bertz CT molecular complexity index is 1340. The number of benzene rings is 3. The Hall–Kier alpha value is -3.46. The van der Waals surface area contributed by atoms with Crippen molar-refractivity contribution in [1.82, 2.24) is 10.2 Å². The number of morpholine rings is 1. The van der Waals surface area contributed by atoms with E-state index in [1.54, 1.807) is 60.7 Å². The molecule has 3 aromatic rings. The van der Waals surface area contributed by atoms with Gasteiger partial charge in [0, 0.05) is 16.5 Å². The lowest BCUT2D eigenvalue weighted by atomic mass is 9.88. The van der Waals surface area contributed by atoms with E-state index in [0.717, 1.165) is 5.56 Å². The molecular formula is C30H29Cl2FN2O5. The van der Waals surface area contributed by atoms with Gasteiger partial charge in [0.2, 0.25) is 5.91 Å². The van der Waals surface area contributed by atoms with Gasteiger partial charge < -0.3 is 20.1 Å². The first kappa shape index (κ1) is 29.5. The monoisotopic (exact) mass is 586 g/mol. The quantitative estimate of drug-likeness (QED) is 0.315. The van der Waals surface area contributed by atoms with Crippen LogP contribution >= 0.6 is 23.2 Å². The van der Waals surface area contributed by atoms with Gasteiger partial charge in [-0.2, -0.15) is 0 Å². The van der Waals surface area contributed by atoms with E-state index in [9.17, 15) is 18.8 Å². The van der Waals surface area contributed by atoms with Gasteiger partial charge in [-0.05, 0) is 59.5 Å². The Morgan fingerprint density at radius 1 is 0.975 bits per heavy atom. The highest BCUT2D eigenvalue weighted by atomic mass is 35.5. The predicted octanol–water partition coefficient (Wildman–Crippen LogP) is 5.75. The molecule has 1 aliphatic heterocycles. The maximum Gasteiger partial charge on any atom is 0.322 e. The molecule has 4 atom stereocenters. The number of halogens is 3. The van der Waals surface area contributed by atoms with Crippen molar-refractivity contribution in [1.29, 1.82) is 0 Å². The lowest BCUT2D eigenvalue weighted by Gasteiger charge is -2.47. The second-order valence-corrected chi connectivity index (χ2v) is 10.5. The highest BCUT2D eigenvalue weighted by Crippen LogP contribution is 2.44. The van der Waals surface area contributed by atoms with Gasteiger partial charge in [-0.3, -0.25) is 14.4 Å². The minimum Gasteiger partial charge on any atom is -0.480 e. The zero-order valence-corrected chi connectivity index (χ0v) is 23.2. The van der Waals surface area contributed by atoms with Crippen LogP contribution in [0.15, 0.2) is 72.8 Å². The zero-order valence-electron chi connectivity index (χ0n) is 21.7. The number of hydrogen-bond acceptors (Lipinski definition) is 4. The summed E-state index contributed by atoms with van der Waals surface area (Å²) in [6, 6.07) is 18.1. The number of rotatable bonds is 10. The molecule has 3 aromatic carbocycles. The normalized spacial score (nSPS) is 19.8. The molecule has 0 unspecified atom stereocenters. The zero-order chi connectivity index (χ0) is 28.8. The summed E-state index contributed by atoms with van der Waals surface area (Å²) in [5.74, 6) is -2.60. The van der Waals surface area contributed by atoms with Gasteiger partial charge in [-0.25, -0.2) is 4.39 Å². The van der Waals surface area contributed by atoms with E-state index in [0.29, 0.717) is 27.6 Å². The molecule has 0 aromatic heterocycles. The fourth-order valence-corrected chi connectivity index (χ4v) is 5.19. The molecule has 40 heavy (non-hydrogen) atoms. The van der Waals surface area contributed by atoms with Crippen LogP contribution in [-0.2, 0) is 25.5 Å². The standard InChI is InChI=1S/C30H29Cl2FN2O5/c1-2-3-24(29(38)34-17-26(36)37)35-27(19-6-10-21(31)11-7-19)28(20-8-12-22(32)13-9-20)40-25(30(35)39)16-18-4-14-23(33)15-5-18/h4-15,24-25,27-28H,2-3,16-17H2,1H3,(H,34,38)(H,36,37)/t24-,25+,27-,28-/m1/s1. The Labute approximate surface area is 241 Å². The van der Waals surface area contributed by atoms with E-state index >= 15 is 0 Å². The van der Waals surface area contributed by atoms with Crippen molar-refractivity contribution < 1.29 is 28.6 Å². The Morgan fingerprint density at radius 3 is 2.10 bits per heavy atom. The summed E-state index contributed by atoms with van der Waals surface area (Å²) in [6.07, 6.45) is -0.729. The van der Waals surface area contributed by atoms with Crippen LogP contribution in [0.1, 0.15) is 48.6 Å². The molecule has 0 spiro atoms. The van der Waals surface area contributed by atoms with Crippen LogP contribution in [0, 0.1) is 5.82 Å². The van der Waals surface area contributed by atoms with Gasteiger partial charge in [0.15, 0.2) is 0 Å². The lowest BCUT2D eigenvalue weighted by molar-refractivity contribution is -0.181. The molecule has 1 aliphatic rings. The van der Waals surface area contributed by atoms with Crippen molar-refractivity contribution >= 4 is 41.0 Å². The largest absolute Gasteiger partial charge is 0.480 e. The fourth-order valence-electron chi connectivity index (χ4n) is 4.94. The van der Waals surface area contributed by atoms with Crippen molar-refractivity contribution in [2.75, 3.05) is 6.54 Å². The van der Waals surface area contributed by atoms with Gasteiger partial charge in [0.25, 0.3) is 5.91 Å². The third-order valence-electron chi connectivity index (χ3n) is 6.79. The molecule has 7 nitrogen and oxygen atoms in total. The molecule has 210 valence electrons. The lowest BCUT2D eigenvalue weighted by Crippen LogP contribution is -2.59. The number of ether oxygens (including phenoxy) is 1. The summed E-state index contributed by atoms with van der Waals surface area (Å²) in [4.78, 5) is 40.4. The second kappa shape index (κ2) is 13.3. The van der Waals surface area contributed by atoms with Gasteiger partial charge in [-0.1, -0.05) is 72.9 Å². The average molecular weight is 587 g/mol. The van der Waals surface area contributed by atoms with Crippen molar-refractivity contribution in [3.8, 4) is 0 Å². The van der Waals surface area contributed by atoms with E-state index in [1.807, 2.05) is 6.92 Å². The summed E-state index contributed by atoms with van der Waals surface area (Å²) in [5, 5.41) is 12.6. The first-order chi connectivity index (χ1) is 19.2. The summed E-state index contributed by atoms with van der Waals surface area (Å²) in [5.41, 5.74) is 2.10. The first-order valence-electron chi connectivity index (χ1n) is 12.9. The number of nitrogens with one attached hydrogen (secondary N) is 1. The van der Waals surface area contributed by atoms with Crippen LogP contribution in [0.5, 0.6) is 0 Å². The van der Waals surface area contributed by atoms with E-state index in [1.165, 1.54) is 17.0 Å². The summed E-state index contributed by atoms with van der Waals surface area (Å²) >= 11 is 12.3. The molecule has 1 fully saturated rings. The van der Waals surface area contributed by atoms with E-state index in [2.05, 4.69) is 5.32 Å². The summed E-state index contributed by atoms with van der Waals surface area (Å²) < 4.78 is 20.1. The van der Waals surface area contributed by atoms with Crippen LogP contribution < -0.4 is 5.32 Å². The minimum absolute atomic E-state index is 0.141. The molecule has 2 amide bonds. The van der Waals surface area contributed by atoms with Gasteiger partial charge >= 0.3 is 5.97 Å². The third kappa shape index (κ3) is 6.99. The van der Waals surface area contributed by atoms with Crippen molar-refractivity contribution in [2.45, 2.75) is 50.5 Å². The van der Waals surface area contributed by atoms with E-state index < -0.39 is 54.4 Å². The maximum absolute atomic E-state index is 14.2. The maximum atomic E-state index is 14.2. The third-order valence-corrected chi connectivity index (χ3v) is 7.29. The Morgan fingerprint density at radius 2 is 1.55 bits per heavy atom. The number of nitrogens with zero attached hydrogens (tertiary/aromatic N) is 1. The van der Waals surface area contributed by atoms with Crippen LogP contribution in [0.3, 0.4) is 0 Å². The van der Waals surface area contributed by atoms with Crippen LogP contribution in [0.4, 0.5) is 4.39 Å². The molecule has 2 N–H and O–H groups in total. The molecule has 4 rings (SSSR count). The second-order valence-electron chi connectivity index (χ2n) is 9.59. The topological polar surface area (TPSA) is 95.9 Å². The SMILES string of the molecule is CCC[C@H](C(=O)NCC(=O)O)N1C(=O)[C@H](Cc2ccc(F)cc2)O[C@H](c2ccc(Cl)cc2)[C@H]1c1ccc(Cl)cc1. The van der Waals surface area contributed by atoms with Crippen LogP contribution in [-0.4, -0.2) is 46.5 Å². The molecule has 1 saturated heterocycles. The predicted molar refractivity (Wildman–Crippen MR) is 150 cm³/mol. The molecule has 0 aliphatic carbocycles. The molecule has 1 heterocycles. The van der Waals surface area contributed by atoms with Crippen LogP contribution in [0.25, 0.3) is 0 Å². The Balaban J connectivity index is 1.84. The van der Waals surface area contributed by atoms with E-state index in [-0.39, 0.29) is 12.8 Å². The summed E-state index contributed by atoms with van der Waals surface area (Å²) in [7, 11) is 0. The minimum atomic E-state index is -1.20. The number of carboxylic acid groups (broad SMARTS) is 1. The van der Waals surface area contributed by atoms with Crippen molar-refractivity contribution in [3.63, 3.8) is 0 Å². The Kier molecular flexibility index (Phi) is 9.79. The number of hydrogen-bond donors (Lipinski definition) is 2. The van der Waals surface area contributed by atoms with Gasteiger partial charge in [0.05, 0.1) is 6.04 Å². The van der Waals surface area contributed by atoms with Crippen molar-refractivity contribution in [3.05, 3.63) is 105 Å². The first-order valence-corrected chi connectivity index (χ1v) is 13.7. The average Bonchev–Trinajstić information content (AvgIpc) is 2.93. The van der Waals surface area contributed by atoms with E-state index in [4.69, 9.17) is 33.0 Å². The number of carbonyl (C=O) groups is 3. The number of amides is 2. The number of carbonyl (C=O) groups excluding carboxylic acids is 2. The smallest absolute Gasteiger partial charge is 0.322 e.